The first-order valence-corrected chi connectivity index (χ1v) is 13.3. The van der Waals surface area contributed by atoms with E-state index in [1.54, 1.807) is 0 Å². The van der Waals surface area contributed by atoms with Crippen molar-refractivity contribution >= 4 is 57.2 Å². The van der Waals surface area contributed by atoms with E-state index in [-0.39, 0.29) is 30.3 Å². The molecule has 2 amide bonds. The molecule has 4 aromatic rings. The zero-order chi connectivity index (χ0) is 24.9. The first-order chi connectivity index (χ1) is 18.2. The van der Waals surface area contributed by atoms with Gasteiger partial charge in [0.05, 0.1) is 23.9 Å². The molecule has 3 aliphatic rings. The van der Waals surface area contributed by atoms with Crippen LogP contribution in [0.3, 0.4) is 0 Å². The van der Waals surface area contributed by atoms with Crippen LogP contribution in [0.1, 0.15) is 30.4 Å². The molecule has 2 aromatic heterocycles. The minimum absolute atomic E-state index is 0. The van der Waals surface area contributed by atoms with Crippen LogP contribution in [0.25, 0.3) is 33.0 Å². The van der Waals surface area contributed by atoms with Crippen molar-refractivity contribution in [1.29, 1.82) is 0 Å². The van der Waals surface area contributed by atoms with Crippen LogP contribution in [0.15, 0.2) is 60.9 Å². The summed E-state index contributed by atoms with van der Waals surface area (Å²) >= 11 is 0. The lowest BCUT2D eigenvalue weighted by Gasteiger charge is -2.24. The van der Waals surface area contributed by atoms with Crippen LogP contribution < -0.4 is 5.32 Å². The monoisotopic (exact) mass is 530 g/mol. The van der Waals surface area contributed by atoms with Crippen LogP contribution >= 0.6 is 12.4 Å². The smallest absolute Gasteiger partial charge is 0.259 e. The van der Waals surface area contributed by atoms with Gasteiger partial charge in [0.15, 0.2) is 0 Å². The van der Waals surface area contributed by atoms with Gasteiger partial charge in [-0.15, -0.1) is 12.4 Å². The van der Waals surface area contributed by atoms with Gasteiger partial charge < -0.3 is 18.8 Å². The number of carbonyl (C=O) groups is 2. The average molecular weight is 531 g/mol. The van der Waals surface area contributed by atoms with E-state index in [4.69, 9.17) is 4.74 Å². The number of nitrogens with one attached hydrogen (secondary N) is 1. The number of rotatable bonds is 2. The number of hydrogen-bond acceptors (Lipinski definition) is 4. The average Bonchev–Trinajstić information content (AvgIpc) is 3.68. The fourth-order valence-corrected chi connectivity index (χ4v) is 6.31. The summed E-state index contributed by atoms with van der Waals surface area (Å²) in [4.78, 5) is 29.0. The molecule has 0 spiro atoms. The van der Waals surface area contributed by atoms with Crippen LogP contribution in [0.2, 0.25) is 0 Å². The summed E-state index contributed by atoms with van der Waals surface area (Å²) < 4.78 is 10.9. The third-order valence-electron chi connectivity index (χ3n) is 8.09. The number of fused-ring (bicyclic) bond motifs is 12. The second-order valence-corrected chi connectivity index (χ2v) is 10.3. The molecule has 1 N–H and O–H groups in total. The highest BCUT2D eigenvalue weighted by molar-refractivity contribution is 6.50. The number of likely N-dealkylation sites (tertiary alicyclic amines) is 1. The Morgan fingerprint density at radius 2 is 1.32 bits per heavy atom. The minimum atomic E-state index is -0.339. The first-order valence-electron chi connectivity index (χ1n) is 13.3. The van der Waals surface area contributed by atoms with Crippen LogP contribution in [0.5, 0.6) is 0 Å². The van der Waals surface area contributed by atoms with Crippen molar-refractivity contribution in [3.8, 4) is 0 Å². The number of halogens is 1. The fourth-order valence-electron chi connectivity index (χ4n) is 6.31. The van der Waals surface area contributed by atoms with Crippen LogP contribution in [-0.2, 0) is 27.4 Å². The SMILES string of the molecule is Cl.O=C1NC(=O)C2=C1c1cn(c3ccccc13)CCOC(CN1CCCC1)CCn1cc2c2ccccc21. The fraction of sp³-hybridized carbons (Fsp3) is 0.333. The first kappa shape index (κ1) is 24.9. The summed E-state index contributed by atoms with van der Waals surface area (Å²) in [5, 5.41) is 4.53. The van der Waals surface area contributed by atoms with Crippen LogP contribution in [0, 0.1) is 0 Å². The largest absolute Gasteiger partial charge is 0.375 e. The number of nitrogens with zero attached hydrogens (tertiary/aromatic N) is 3. The van der Waals surface area contributed by atoms with Crippen molar-refractivity contribution < 1.29 is 14.3 Å². The van der Waals surface area contributed by atoms with Crippen molar-refractivity contribution in [1.82, 2.24) is 19.4 Å². The topological polar surface area (TPSA) is 68.5 Å². The highest BCUT2D eigenvalue weighted by atomic mass is 35.5. The highest BCUT2D eigenvalue weighted by Gasteiger charge is 2.35. The molecule has 0 radical (unpaired) electrons. The molecule has 1 fully saturated rings. The Hall–Kier alpha value is -3.39. The second kappa shape index (κ2) is 10.1. The summed E-state index contributed by atoms with van der Waals surface area (Å²) in [6.45, 7) is 5.27. The van der Waals surface area contributed by atoms with Gasteiger partial charge in [0.2, 0.25) is 0 Å². The molecular formula is C30H31ClN4O3. The molecule has 4 bridgehead atoms. The molecule has 8 heteroatoms. The third-order valence-corrected chi connectivity index (χ3v) is 8.09. The number of amides is 2. The Balaban J connectivity index is 0.00000264. The Labute approximate surface area is 227 Å². The highest BCUT2D eigenvalue weighted by Crippen LogP contribution is 2.39. The molecule has 1 unspecified atom stereocenters. The van der Waals surface area contributed by atoms with E-state index in [9.17, 15) is 9.59 Å². The Kier molecular flexibility index (Phi) is 6.60. The maximum Gasteiger partial charge on any atom is 0.259 e. The van der Waals surface area contributed by atoms with Crippen molar-refractivity contribution in [3.63, 3.8) is 0 Å². The standard InChI is InChI=1S/C30H30N4O3.ClH/c35-29-27-23-18-33(25-9-3-1-7-21(23)25)14-11-20(17-32-12-5-6-13-32)37-16-15-34-19-24(28(27)30(36)31-29)22-8-2-4-10-26(22)34;/h1-4,7-10,18-20H,5-6,11-17H2,(H,31,35,36);1H. The van der Waals surface area contributed by atoms with Gasteiger partial charge >= 0.3 is 0 Å². The maximum atomic E-state index is 13.3. The number of aromatic nitrogens is 2. The lowest BCUT2D eigenvalue weighted by atomic mass is 9.95. The zero-order valence-corrected chi connectivity index (χ0v) is 22.0. The van der Waals surface area contributed by atoms with E-state index in [2.05, 4.69) is 37.7 Å². The van der Waals surface area contributed by atoms with Gasteiger partial charge in [0, 0.05) is 65.0 Å². The van der Waals surface area contributed by atoms with Gasteiger partial charge in [0.25, 0.3) is 11.8 Å². The maximum absolute atomic E-state index is 13.3. The van der Waals surface area contributed by atoms with Gasteiger partial charge in [-0.05, 0) is 44.5 Å². The van der Waals surface area contributed by atoms with Gasteiger partial charge in [-0.3, -0.25) is 14.9 Å². The number of aryl methyl sites for hydroxylation is 1. The van der Waals surface area contributed by atoms with E-state index in [0.29, 0.717) is 24.3 Å². The quantitative estimate of drug-likeness (QED) is 0.388. The van der Waals surface area contributed by atoms with E-state index >= 15 is 0 Å². The molecule has 5 heterocycles. The molecule has 3 aliphatic heterocycles. The number of ether oxygens (including phenoxy) is 1. The number of carbonyl (C=O) groups excluding carboxylic acids is 2. The summed E-state index contributed by atoms with van der Waals surface area (Å²) in [7, 11) is 0. The number of benzene rings is 2. The Morgan fingerprint density at radius 3 is 1.92 bits per heavy atom. The molecule has 1 saturated heterocycles. The Bertz CT molecular complexity index is 1580. The molecule has 7 rings (SSSR count). The van der Waals surface area contributed by atoms with Crippen LogP contribution in [0.4, 0.5) is 0 Å². The van der Waals surface area contributed by atoms with Gasteiger partial charge in [-0.25, -0.2) is 0 Å². The van der Waals surface area contributed by atoms with E-state index in [1.807, 2.05) is 42.6 Å². The van der Waals surface area contributed by atoms with Crippen molar-refractivity contribution in [2.45, 2.75) is 38.5 Å². The zero-order valence-electron chi connectivity index (χ0n) is 21.2. The molecular weight excluding hydrogens is 500 g/mol. The van der Waals surface area contributed by atoms with E-state index in [1.165, 1.54) is 12.8 Å². The van der Waals surface area contributed by atoms with Crippen molar-refractivity contribution in [3.05, 3.63) is 72.1 Å². The van der Waals surface area contributed by atoms with E-state index < -0.39 is 0 Å². The molecule has 38 heavy (non-hydrogen) atoms. The predicted molar refractivity (Wildman–Crippen MR) is 151 cm³/mol. The minimum Gasteiger partial charge on any atom is -0.375 e. The number of imide groups is 1. The van der Waals surface area contributed by atoms with Gasteiger partial charge in [-0.1, -0.05) is 36.4 Å². The predicted octanol–water partition coefficient (Wildman–Crippen LogP) is 4.47. The second-order valence-electron chi connectivity index (χ2n) is 10.3. The molecule has 0 aliphatic carbocycles. The summed E-state index contributed by atoms with van der Waals surface area (Å²) in [5.41, 5.74) is 4.61. The van der Waals surface area contributed by atoms with Gasteiger partial charge in [0.1, 0.15) is 0 Å². The molecule has 2 aromatic carbocycles. The normalized spacial score (nSPS) is 20.5. The molecule has 7 nitrogen and oxygen atoms in total. The summed E-state index contributed by atoms with van der Waals surface area (Å²) in [5.74, 6) is -0.671. The summed E-state index contributed by atoms with van der Waals surface area (Å²) in [6, 6.07) is 16.2. The molecule has 1 atom stereocenters. The Morgan fingerprint density at radius 1 is 0.763 bits per heavy atom. The van der Waals surface area contributed by atoms with E-state index in [0.717, 1.165) is 65.5 Å². The number of para-hydroxylation sites is 2. The third kappa shape index (κ3) is 4.15. The molecule has 196 valence electrons. The molecule has 0 saturated carbocycles. The van der Waals surface area contributed by atoms with Crippen LogP contribution in [-0.4, -0.2) is 58.2 Å². The van der Waals surface area contributed by atoms with Crippen molar-refractivity contribution in [2.75, 3.05) is 26.2 Å². The number of hydrogen-bond donors (Lipinski definition) is 1. The summed E-state index contributed by atoms with van der Waals surface area (Å²) in [6.07, 6.45) is 7.59. The lowest BCUT2D eigenvalue weighted by Crippen LogP contribution is -2.33. The lowest BCUT2D eigenvalue weighted by molar-refractivity contribution is -0.122. The van der Waals surface area contributed by atoms with Crippen molar-refractivity contribution in [2.24, 2.45) is 0 Å². The van der Waals surface area contributed by atoms with Gasteiger partial charge in [-0.2, -0.15) is 0 Å².